The van der Waals surface area contributed by atoms with Gasteiger partial charge in [-0.25, -0.2) is 4.79 Å². The molecule has 3 heterocycles. The van der Waals surface area contributed by atoms with E-state index in [1.165, 1.54) is 16.7 Å². The van der Waals surface area contributed by atoms with Gasteiger partial charge in [0.2, 0.25) is 0 Å². The zero-order chi connectivity index (χ0) is 14.4. The quantitative estimate of drug-likeness (QED) is 0.588. The van der Waals surface area contributed by atoms with Crippen molar-refractivity contribution in [2.24, 2.45) is 0 Å². The molecule has 6 nitrogen and oxygen atoms in total. The standard InChI is InChI=1S/C13H15NO5S/c1-6(5-15)8-11(16)14-9(13(17)18)10(20-12(8)14)7-3-2-4-19-7/h7,12,15H,2-5H2,1H3,(H,17,18)/t7-,12+/m0/s1. The number of hydrogen-bond acceptors (Lipinski definition) is 5. The Hall–Kier alpha value is -1.31. The highest BCUT2D eigenvalue weighted by Crippen LogP contribution is 2.52. The van der Waals surface area contributed by atoms with E-state index in [1.807, 2.05) is 0 Å². The first-order chi connectivity index (χ1) is 9.56. The van der Waals surface area contributed by atoms with Crippen LogP contribution >= 0.6 is 11.8 Å². The van der Waals surface area contributed by atoms with E-state index in [0.29, 0.717) is 22.7 Å². The molecule has 2 atom stereocenters. The molecule has 0 aromatic rings. The van der Waals surface area contributed by atoms with Gasteiger partial charge in [-0.2, -0.15) is 0 Å². The summed E-state index contributed by atoms with van der Waals surface area (Å²) in [6, 6.07) is 0. The highest BCUT2D eigenvalue weighted by Gasteiger charge is 2.54. The predicted molar refractivity (Wildman–Crippen MR) is 71.6 cm³/mol. The lowest BCUT2D eigenvalue weighted by Gasteiger charge is -2.38. The molecular formula is C13H15NO5S. The third-order valence-corrected chi connectivity index (χ3v) is 5.15. The predicted octanol–water partition coefficient (Wildman–Crippen LogP) is 0.685. The Morgan fingerprint density at radius 1 is 1.55 bits per heavy atom. The summed E-state index contributed by atoms with van der Waals surface area (Å²) in [5.41, 5.74) is 1.16. The number of amides is 1. The Labute approximate surface area is 120 Å². The van der Waals surface area contributed by atoms with Crippen LogP contribution in [0.3, 0.4) is 0 Å². The summed E-state index contributed by atoms with van der Waals surface area (Å²) in [5, 5.41) is 18.2. The lowest BCUT2D eigenvalue weighted by molar-refractivity contribution is -0.141. The molecule has 2 fully saturated rings. The molecule has 7 heteroatoms. The van der Waals surface area contributed by atoms with Gasteiger partial charge in [-0.3, -0.25) is 9.69 Å². The zero-order valence-corrected chi connectivity index (χ0v) is 11.8. The number of hydrogen-bond donors (Lipinski definition) is 2. The SMILES string of the molecule is CC(CO)=C1C(=O)N2C(C(=O)O)=C([C@@H]3CCCO3)S[C@H]12. The average molecular weight is 297 g/mol. The third-order valence-electron chi connectivity index (χ3n) is 3.77. The van der Waals surface area contributed by atoms with Crippen molar-refractivity contribution in [2.45, 2.75) is 31.2 Å². The lowest BCUT2D eigenvalue weighted by Crippen LogP contribution is -2.52. The van der Waals surface area contributed by atoms with Crippen molar-refractivity contribution in [3.8, 4) is 0 Å². The number of aliphatic hydroxyl groups is 1. The largest absolute Gasteiger partial charge is 0.477 e. The van der Waals surface area contributed by atoms with Crippen LogP contribution in [0.1, 0.15) is 19.8 Å². The molecular weight excluding hydrogens is 282 g/mol. The number of rotatable bonds is 3. The van der Waals surface area contributed by atoms with Crippen LogP contribution in [0, 0.1) is 0 Å². The van der Waals surface area contributed by atoms with Crippen LogP contribution in [0.15, 0.2) is 21.7 Å². The fraction of sp³-hybridized carbons (Fsp3) is 0.538. The van der Waals surface area contributed by atoms with Gasteiger partial charge in [-0.05, 0) is 25.3 Å². The minimum absolute atomic E-state index is 0.0476. The number of aliphatic hydroxyl groups excluding tert-OH is 1. The van der Waals surface area contributed by atoms with Gasteiger partial charge >= 0.3 is 5.97 Å². The summed E-state index contributed by atoms with van der Waals surface area (Å²) in [5.74, 6) is -1.42. The molecule has 1 amide bonds. The van der Waals surface area contributed by atoms with E-state index in [4.69, 9.17) is 9.84 Å². The lowest BCUT2D eigenvalue weighted by atomic mass is 9.99. The number of carboxylic acid groups (broad SMARTS) is 1. The molecule has 0 aromatic carbocycles. The molecule has 0 aliphatic carbocycles. The van der Waals surface area contributed by atoms with Gasteiger partial charge in [0.1, 0.15) is 11.1 Å². The first-order valence-corrected chi connectivity index (χ1v) is 7.34. The first kappa shape index (κ1) is 13.7. The topological polar surface area (TPSA) is 87.1 Å². The van der Waals surface area contributed by atoms with Gasteiger partial charge in [-0.1, -0.05) is 11.8 Å². The third kappa shape index (κ3) is 1.81. The number of nitrogens with zero attached hydrogens (tertiary/aromatic N) is 1. The van der Waals surface area contributed by atoms with E-state index < -0.39 is 5.97 Å². The minimum atomic E-state index is -1.10. The number of ether oxygens (including phenoxy) is 1. The molecule has 3 aliphatic heterocycles. The Kier molecular flexibility index (Phi) is 3.35. The van der Waals surface area contributed by atoms with Crippen molar-refractivity contribution in [1.29, 1.82) is 0 Å². The second kappa shape index (κ2) is 4.91. The number of thioether (sulfide) groups is 1. The van der Waals surface area contributed by atoms with Gasteiger partial charge < -0.3 is 14.9 Å². The highest BCUT2D eigenvalue weighted by atomic mass is 32.2. The average Bonchev–Trinajstić information content (AvgIpc) is 3.03. The van der Waals surface area contributed by atoms with Gasteiger partial charge in [0, 0.05) is 11.5 Å². The van der Waals surface area contributed by atoms with Crippen molar-refractivity contribution >= 4 is 23.6 Å². The molecule has 0 bridgehead atoms. The van der Waals surface area contributed by atoms with Crippen LogP contribution in [0.5, 0.6) is 0 Å². The minimum Gasteiger partial charge on any atom is -0.477 e. The molecule has 0 saturated carbocycles. The van der Waals surface area contributed by atoms with Crippen LogP contribution in [0.4, 0.5) is 0 Å². The molecule has 3 rings (SSSR count). The van der Waals surface area contributed by atoms with Crippen LogP contribution in [-0.2, 0) is 14.3 Å². The van der Waals surface area contributed by atoms with Gasteiger partial charge in [-0.15, -0.1) is 0 Å². The van der Waals surface area contributed by atoms with Crippen molar-refractivity contribution in [2.75, 3.05) is 13.2 Å². The number of carbonyl (C=O) groups is 2. The Morgan fingerprint density at radius 3 is 2.85 bits per heavy atom. The highest BCUT2D eigenvalue weighted by molar-refractivity contribution is 8.04. The number of carboxylic acids is 1. The molecule has 0 spiro atoms. The van der Waals surface area contributed by atoms with E-state index in [0.717, 1.165) is 12.8 Å². The van der Waals surface area contributed by atoms with E-state index in [-0.39, 0.29) is 29.7 Å². The maximum Gasteiger partial charge on any atom is 0.353 e. The molecule has 3 aliphatic rings. The summed E-state index contributed by atoms with van der Waals surface area (Å²) >= 11 is 1.36. The first-order valence-electron chi connectivity index (χ1n) is 6.46. The van der Waals surface area contributed by atoms with Crippen LogP contribution in [-0.4, -0.2) is 51.7 Å². The van der Waals surface area contributed by atoms with Crippen molar-refractivity contribution in [1.82, 2.24) is 4.90 Å². The normalized spacial score (nSPS) is 31.5. The molecule has 0 aromatic heterocycles. The van der Waals surface area contributed by atoms with Crippen molar-refractivity contribution in [3.63, 3.8) is 0 Å². The van der Waals surface area contributed by atoms with Gasteiger partial charge in [0.05, 0.1) is 18.3 Å². The van der Waals surface area contributed by atoms with E-state index in [1.54, 1.807) is 6.92 Å². The maximum atomic E-state index is 12.1. The van der Waals surface area contributed by atoms with Crippen LogP contribution < -0.4 is 0 Å². The maximum absolute atomic E-state index is 12.1. The Balaban J connectivity index is 1.96. The molecule has 20 heavy (non-hydrogen) atoms. The van der Waals surface area contributed by atoms with E-state index >= 15 is 0 Å². The Morgan fingerprint density at radius 2 is 2.30 bits per heavy atom. The van der Waals surface area contributed by atoms with Crippen molar-refractivity contribution in [3.05, 3.63) is 21.7 Å². The molecule has 0 radical (unpaired) electrons. The van der Waals surface area contributed by atoms with E-state index in [9.17, 15) is 14.7 Å². The molecule has 0 unspecified atom stereocenters. The van der Waals surface area contributed by atoms with E-state index in [2.05, 4.69) is 0 Å². The fourth-order valence-electron chi connectivity index (χ4n) is 2.73. The van der Waals surface area contributed by atoms with Crippen LogP contribution in [0.25, 0.3) is 0 Å². The number of carbonyl (C=O) groups excluding carboxylic acids is 1. The molecule has 108 valence electrons. The number of β-lactam (4-membered cyclic amide) rings is 1. The Bertz CT molecular complexity index is 547. The van der Waals surface area contributed by atoms with Crippen molar-refractivity contribution < 1.29 is 24.5 Å². The van der Waals surface area contributed by atoms with Gasteiger partial charge in [0.15, 0.2) is 0 Å². The summed E-state index contributed by atoms with van der Waals surface area (Å²) in [4.78, 5) is 25.5. The molecule has 2 N–H and O–H groups in total. The monoisotopic (exact) mass is 297 g/mol. The number of aliphatic carboxylic acids is 1. The fourth-order valence-corrected chi connectivity index (χ4v) is 4.33. The summed E-state index contributed by atoms with van der Waals surface area (Å²) < 4.78 is 5.55. The van der Waals surface area contributed by atoms with Crippen LogP contribution in [0.2, 0.25) is 0 Å². The van der Waals surface area contributed by atoms with Gasteiger partial charge in [0.25, 0.3) is 5.91 Å². The second-order valence-corrected chi connectivity index (χ2v) is 6.14. The number of fused-ring (bicyclic) bond motifs is 1. The summed E-state index contributed by atoms with van der Waals surface area (Å²) in [6.07, 6.45) is 1.46. The summed E-state index contributed by atoms with van der Waals surface area (Å²) in [7, 11) is 0. The smallest absolute Gasteiger partial charge is 0.353 e. The molecule has 2 saturated heterocycles. The summed E-state index contributed by atoms with van der Waals surface area (Å²) in [6.45, 7) is 2.12. The second-order valence-electron chi connectivity index (χ2n) is 5.02. The zero-order valence-electron chi connectivity index (χ0n) is 11.0.